The summed E-state index contributed by atoms with van der Waals surface area (Å²) in [6.45, 7) is 14.3. The summed E-state index contributed by atoms with van der Waals surface area (Å²) in [7, 11) is 0. The highest BCUT2D eigenvalue weighted by atomic mass is 16.5. The number of allylic oxidation sites excluding steroid dienone is 1. The van der Waals surface area contributed by atoms with Crippen molar-refractivity contribution in [2.75, 3.05) is 6.61 Å². The van der Waals surface area contributed by atoms with Gasteiger partial charge in [-0.25, -0.2) is 4.79 Å². The third-order valence-electron chi connectivity index (χ3n) is 5.19. The number of aromatic nitrogens is 1. The van der Waals surface area contributed by atoms with Crippen LogP contribution in [0.2, 0.25) is 0 Å². The minimum absolute atomic E-state index is 0.0167. The van der Waals surface area contributed by atoms with Crippen molar-refractivity contribution in [3.63, 3.8) is 0 Å². The summed E-state index contributed by atoms with van der Waals surface area (Å²) in [6.07, 6.45) is 4.92. The Bertz CT molecular complexity index is 665. The minimum Gasteiger partial charge on any atom is -0.461 e. The van der Waals surface area contributed by atoms with E-state index in [4.69, 9.17) is 4.74 Å². The molecule has 0 spiro atoms. The number of ether oxygens (including phenoxy) is 1. The number of hydrogen-bond acceptors (Lipinski definition) is 3. The Morgan fingerprint density at radius 2 is 1.84 bits per heavy atom. The topological polar surface area (TPSA) is 51.5 Å². The Labute approximate surface area is 150 Å². The first kappa shape index (κ1) is 19.3. The van der Waals surface area contributed by atoms with Crippen LogP contribution in [0.1, 0.15) is 72.1 Å². The molecule has 1 aromatic rings. The number of piperidine rings is 1. The number of likely N-dealkylation sites (tertiary alicyclic amines) is 1. The van der Waals surface area contributed by atoms with Crippen LogP contribution in [-0.2, 0) is 11.3 Å². The smallest absolute Gasteiger partial charge is 0.355 e. The van der Waals surface area contributed by atoms with Gasteiger partial charge in [0.15, 0.2) is 0 Å². The van der Waals surface area contributed by atoms with Gasteiger partial charge in [0.25, 0.3) is 5.91 Å². The van der Waals surface area contributed by atoms with E-state index < -0.39 is 0 Å². The highest BCUT2D eigenvalue weighted by Gasteiger charge is 2.34. The zero-order valence-corrected chi connectivity index (χ0v) is 16.1. The zero-order chi connectivity index (χ0) is 18.7. The van der Waals surface area contributed by atoms with Gasteiger partial charge >= 0.3 is 5.97 Å². The van der Waals surface area contributed by atoms with E-state index in [1.54, 1.807) is 13.0 Å². The van der Waals surface area contributed by atoms with Crippen LogP contribution in [0.4, 0.5) is 0 Å². The van der Waals surface area contributed by atoms with Crippen molar-refractivity contribution in [1.29, 1.82) is 0 Å². The molecule has 2 rings (SSSR count). The SMILES string of the molecule is C=CCn1c(C)c(C(=O)N2C(C)CCCC2C)c(C)c1C(=O)OCC. The molecule has 2 atom stereocenters. The first-order chi connectivity index (χ1) is 11.8. The number of carbonyl (C=O) groups is 2. The van der Waals surface area contributed by atoms with Gasteiger partial charge in [-0.15, -0.1) is 6.58 Å². The molecule has 0 aromatic carbocycles. The number of esters is 1. The first-order valence-corrected chi connectivity index (χ1v) is 9.15. The van der Waals surface area contributed by atoms with Crippen molar-refractivity contribution >= 4 is 11.9 Å². The highest BCUT2D eigenvalue weighted by Crippen LogP contribution is 2.30. The van der Waals surface area contributed by atoms with Crippen LogP contribution in [0.15, 0.2) is 12.7 Å². The molecule has 0 saturated carbocycles. The van der Waals surface area contributed by atoms with Gasteiger partial charge in [0, 0.05) is 24.3 Å². The lowest BCUT2D eigenvalue weighted by atomic mass is 9.95. The normalized spacial score (nSPS) is 20.4. The van der Waals surface area contributed by atoms with E-state index in [9.17, 15) is 9.59 Å². The lowest BCUT2D eigenvalue weighted by molar-refractivity contribution is 0.0506. The highest BCUT2D eigenvalue weighted by molar-refractivity contribution is 6.01. The number of amides is 1. The monoisotopic (exact) mass is 346 g/mol. The molecule has 5 nitrogen and oxygen atoms in total. The van der Waals surface area contributed by atoms with Gasteiger partial charge in [-0.2, -0.15) is 0 Å². The second-order valence-corrected chi connectivity index (χ2v) is 6.90. The predicted octanol–water partition coefficient (Wildman–Crippen LogP) is 3.87. The van der Waals surface area contributed by atoms with Crippen LogP contribution in [0.3, 0.4) is 0 Å². The van der Waals surface area contributed by atoms with E-state index in [0.717, 1.165) is 25.0 Å². The molecule has 25 heavy (non-hydrogen) atoms. The summed E-state index contributed by atoms with van der Waals surface area (Å²) in [5.41, 5.74) is 2.59. The molecule has 1 saturated heterocycles. The van der Waals surface area contributed by atoms with E-state index >= 15 is 0 Å². The molecule has 0 radical (unpaired) electrons. The molecule has 0 aliphatic carbocycles. The van der Waals surface area contributed by atoms with Crippen LogP contribution < -0.4 is 0 Å². The molecule has 1 aliphatic heterocycles. The maximum absolute atomic E-state index is 13.3. The molecule has 1 aliphatic rings. The first-order valence-electron chi connectivity index (χ1n) is 9.15. The lowest BCUT2D eigenvalue weighted by Crippen LogP contribution is -2.47. The van der Waals surface area contributed by atoms with Gasteiger partial charge in [-0.05, 0) is 59.4 Å². The summed E-state index contributed by atoms with van der Waals surface area (Å²) in [5.74, 6) is -0.369. The van der Waals surface area contributed by atoms with Gasteiger partial charge < -0.3 is 14.2 Å². The molecule has 1 aromatic heterocycles. The summed E-state index contributed by atoms with van der Waals surface area (Å²) < 4.78 is 7.05. The maximum atomic E-state index is 13.3. The second-order valence-electron chi connectivity index (χ2n) is 6.90. The minimum atomic E-state index is -0.385. The van der Waals surface area contributed by atoms with Crippen LogP contribution in [0.25, 0.3) is 0 Å². The van der Waals surface area contributed by atoms with Crippen LogP contribution >= 0.6 is 0 Å². The maximum Gasteiger partial charge on any atom is 0.355 e. The molecule has 138 valence electrons. The van der Waals surface area contributed by atoms with E-state index in [0.29, 0.717) is 30.0 Å². The van der Waals surface area contributed by atoms with Crippen LogP contribution in [-0.4, -0.2) is 40.0 Å². The van der Waals surface area contributed by atoms with E-state index in [2.05, 4.69) is 20.4 Å². The van der Waals surface area contributed by atoms with Gasteiger partial charge in [-0.1, -0.05) is 6.08 Å². The fourth-order valence-electron chi connectivity index (χ4n) is 3.98. The average molecular weight is 346 g/mol. The predicted molar refractivity (Wildman–Crippen MR) is 99.0 cm³/mol. The number of rotatable bonds is 5. The fraction of sp³-hybridized carbons (Fsp3) is 0.600. The van der Waals surface area contributed by atoms with Gasteiger partial charge in [0.05, 0.1) is 12.2 Å². The molecule has 0 bridgehead atoms. The second kappa shape index (κ2) is 7.89. The van der Waals surface area contributed by atoms with Crippen molar-refractivity contribution in [2.24, 2.45) is 0 Å². The fourth-order valence-corrected chi connectivity index (χ4v) is 3.98. The molecule has 1 fully saturated rings. The largest absolute Gasteiger partial charge is 0.461 e. The van der Waals surface area contributed by atoms with Gasteiger partial charge in [-0.3, -0.25) is 4.79 Å². The molecular weight excluding hydrogens is 316 g/mol. The number of nitrogens with zero attached hydrogens (tertiary/aromatic N) is 2. The quantitative estimate of drug-likeness (QED) is 0.601. The number of carbonyl (C=O) groups excluding carboxylic acids is 2. The van der Waals surface area contributed by atoms with Gasteiger partial charge in [0.2, 0.25) is 0 Å². The lowest BCUT2D eigenvalue weighted by Gasteiger charge is -2.39. The van der Waals surface area contributed by atoms with Crippen molar-refractivity contribution in [2.45, 2.75) is 72.5 Å². The van der Waals surface area contributed by atoms with E-state index in [-0.39, 0.29) is 24.0 Å². The Hall–Kier alpha value is -2.04. The van der Waals surface area contributed by atoms with E-state index in [1.807, 2.05) is 23.3 Å². The molecule has 1 amide bonds. The molecule has 2 heterocycles. The van der Waals surface area contributed by atoms with Crippen molar-refractivity contribution in [3.8, 4) is 0 Å². The Morgan fingerprint density at radius 3 is 2.36 bits per heavy atom. The Kier molecular flexibility index (Phi) is 6.09. The van der Waals surface area contributed by atoms with E-state index in [1.165, 1.54) is 0 Å². The summed E-state index contributed by atoms with van der Waals surface area (Å²) in [4.78, 5) is 27.8. The van der Waals surface area contributed by atoms with Crippen molar-refractivity contribution < 1.29 is 14.3 Å². The zero-order valence-electron chi connectivity index (χ0n) is 16.1. The standard InChI is InChI=1S/C20H30N2O3/c1-7-12-21-16(6)17(15(5)18(21)20(24)25-8-2)19(23)22-13(3)10-9-11-14(22)4/h7,13-14H,1,8-12H2,2-6H3. The average Bonchev–Trinajstić information content (AvgIpc) is 2.78. The summed E-state index contributed by atoms with van der Waals surface area (Å²) >= 11 is 0. The number of hydrogen-bond donors (Lipinski definition) is 0. The molecule has 5 heteroatoms. The molecule has 2 unspecified atom stereocenters. The third-order valence-corrected chi connectivity index (χ3v) is 5.19. The Morgan fingerprint density at radius 1 is 1.24 bits per heavy atom. The van der Waals surface area contributed by atoms with Crippen molar-refractivity contribution in [1.82, 2.24) is 9.47 Å². The third kappa shape index (κ3) is 3.51. The molecular formula is C20H30N2O3. The van der Waals surface area contributed by atoms with Crippen LogP contribution in [0, 0.1) is 13.8 Å². The van der Waals surface area contributed by atoms with Crippen molar-refractivity contribution in [3.05, 3.63) is 35.2 Å². The summed E-state index contributed by atoms with van der Waals surface area (Å²) in [6, 6.07) is 0.424. The van der Waals surface area contributed by atoms with Gasteiger partial charge in [0.1, 0.15) is 5.69 Å². The Balaban J connectivity index is 2.53. The van der Waals surface area contributed by atoms with Crippen LogP contribution in [0.5, 0.6) is 0 Å². The summed E-state index contributed by atoms with van der Waals surface area (Å²) in [5, 5.41) is 0. The molecule has 0 N–H and O–H groups in total.